The first-order valence-corrected chi connectivity index (χ1v) is 14.7. The molecule has 33 heavy (non-hydrogen) atoms. The molecule has 1 fully saturated rings. The summed E-state index contributed by atoms with van der Waals surface area (Å²) in [5.74, 6) is 0. The van der Waals surface area contributed by atoms with E-state index in [-0.39, 0.29) is 6.42 Å². The first-order valence-electron chi connectivity index (χ1n) is 11.3. The number of benzene rings is 2. The zero-order valence-corrected chi connectivity index (χ0v) is 21.0. The van der Waals surface area contributed by atoms with E-state index in [1.165, 1.54) is 0 Å². The Morgan fingerprint density at radius 1 is 0.970 bits per heavy atom. The van der Waals surface area contributed by atoms with Crippen LogP contribution in [0.2, 0.25) is 0 Å². The topological polar surface area (TPSA) is 92.3 Å². The SMILES string of the molecule is CC(C)S(=O)(=O)NC1CCCCC1(F)c1ccc(-c2ccc(CCNS(C)(=O)=O)cc2)cc1. The van der Waals surface area contributed by atoms with Crippen molar-refractivity contribution in [2.75, 3.05) is 12.8 Å². The van der Waals surface area contributed by atoms with Crippen molar-refractivity contribution in [3.05, 3.63) is 59.7 Å². The molecule has 3 rings (SSSR count). The second kappa shape index (κ2) is 10.2. The lowest BCUT2D eigenvalue weighted by atomic mass is 9.77. The third-order valence-electron chi connectivity index (χ3n) is 6.19. The summed E-state index contributed by atoms with van der Waals surface area (Å²) in [7, 11) is -6.78. The Labute approximate surface area is 197 Å². The molecule has 0 amide bonds. The van der Waals surface area contributed by atoms with Gasteiger partial charge in [-0.2, -0.15) is 0 Å². The highest BCUT2D eigenvalue weighted by Crippen LogP contribution is 2.42. The van der Waals surface area contributed by atoms with Gasteiger partial charge in [-0.1, -0.05) is 55.0 Å². The van der Waals surface area contributed by atoms with Crippen molar-refractivity contribution in [2.24, 2.45) is 0 Å². The van der Waals surface area contributed by atoms with Crippen LogP contribution in [0, 0.1) is 0 Å². The Kier molecular flexibility index (Phi) is 7.99. The van der Waals surface area contributed by atoms with Crippen LogP contribution in [0.3, 0.4) is 0 Å². The molecule has 0 aromatic heterocycles. The van der Waals surface area contributed by atoms with Gasteiger partial charge in [0.05, 0.1) is 17.5 Å². The lowest BCUT2D eigenvalue weighted by molar-refractivity contribution is 0.0712. The molecule has 6 nitrogen and oxygen atoms in total. The maximum absolute atomic E-state index is 16.2. The molecule has 0 saturated heterocycles. The predicted molar refractivity (Wildman–Crippen MR) is 131 cm³/mol. The number of alkyl halides is 1. The third kappa shape index (κ3) is 6.62. The molecule has 2 N–H and O–H groups in total. The number of halogens is 1. The quantitative estimate of drug-likeness (QED) is 0.551. The lowest BCUT2D eigenvalue weighted by Crippen LogP contribution is -2.51. The highest BCUT2D eigenvalue weighted by atomic mass is 32.2. The predicted octanol–water partition coefficient (Wildman–Crippen LogP) is 3.88. The molecule has 2 aromatic carbocycles. The Morgan fingerprint density at radius 2 is 1.55 bits per heavy atom. The summed E-state index contributed by atoms with van der Waals surface area (Å²) in [6.45, 7) is 3.52. The van der Waals surface area contributed by atoms with E-state index in [2.05, 4.69) is 9.44 Å². The first-order chi connectivity index (χ1) is 15.4. The maximum atomic E-state index is 16.2. The van der Waals surface area contributed by atoms with E-state index in [1.807, 2.05) is 36.4 Å². The Morgan fingerprint density at radius 3 is 2.09 bits per heavy atom. The molecular weight excluding hydrogens is 463 g/mol. The van der Waals surface area contributed by atoms with Crippen molar-refractivity contribution in [1.82, 2.24) is 9.44 Å². The molecule has 9 heteroatoms. The number of sulfonamides is 2. The molecule has 0 heterocycles. The van der Waals surface area contributed by atoms with Crippen LogP contribution in [-0.4, -0.2) is 40.9 Å². The summed E-state index contributed by atoms with van der Waals surface area (Å²) in [5, 5.41) is -0.615. The number of hydrogen-bond acceptors (Lipinski definition) is 4. The van der Waals surface area contributed by atoms with Crippen LogP contribution in [0.15, 0.2) is 48.5 Å². The molecule has 1 saturated carbocycles. The minimum Gasteiger partial charge on any atom is -0.237 e. The largest absolute Gasteiger partial charge is 0.237 e. The zero-order valence-electron chi connectivity index (χ0n) is 19.3. The summed E-state index contributed by atoms with van der Waals surface area (Å²) in [4.78, 5) is 0. The Bertz CT molecular complexity index is 1150. The summed E-state index contributed by atoms with van der Waals surface area (Å²) < 4.78 is 68.4. The molecule has 2 atom stereocenters. The fourth-order valence-corrected chi connectivity index (χ4v) is 5.60. The summed E-state index contributed by atoms with van der Waals surface area (Å²) >= 11 is 0. The van der Waals surface area contributed by atoms with Gasteiger partial charge in [-0.05, 0) is 61.8 Å². The van der Waals surface area contributed by atoms with Crippen LogP contribution in [0.1, 0.15) is 50.7 Å². The molecule has 1 aliphatic rings. The van der Waals surface area contributed by atoms with Gasteiger partial charge in [0.25, 0.3) is 0 Å². The van der Waals surface area contributed by atoms with E-state index in [1.54, 1.807) is 26.0 Å². The van der Waals surface area contributed by atoms with E-state index < -0.39 is 37.0 Å². The molecule has 0 aliphatic heterocycles. The standard InChI is InChI=1S/C24H33FN2O4S2/c1-18(2)33(30,31)27-23-6-4-5-16-24(23,25)22-13-11-21(12-14-22)20-9-7-19(8-10-20)15-17-26-32(3,28)29/h7-14,18,23,26-27H,4-6,15-17H2,1-3H3. The van der Waals surface area contributed by atoms with Gasteiger partial charge in [-0.25, -0.2) is 30.7 Å². The van der Waals surface area contributed by atoms with E-state index >= 15 is 4.39 Å². The van der Waals surface area contributed by atoms with E-state index in [4.69, 9.17) is 0 Å². The van der Waals surface area contributed by atoms with Gasteiger partial charge in [0, 0.05) is 6.54 Å². The van der Waals surface area contributed by atoms with Gasteiger partial charge < -0.3 is 0 Å². The Hall–Kier alpha value is -1.81. The van der Waals surface area contributed by atoms with Gasteiger partial charge in [0.15, 0.2) is 5.67 Å². The fraction of sp³-hybridized carbons (Fsp3) is 0.500. The normalized spacial score (nSPS) is 21.9. The summed E-state index contributed by atoms with van der Waals surface area (Å²) in [6, 6.07) is 14.3. The Balaban J connectivity index is 1.74. The molecule has 2 aromatic rings. The monoisotopic (exact) mass is 496 g/mol. The summed E-state index contributed by atoms with van der Waals surface area (Å²) in [6.07, 6.45) is 3.99. The molecule has 1 aliphatic carbocycles. The van der Waals surface area contributed by atoms with Crippen LogP contribution in [0.4, 0.5) is 4.39 Å². The number of nitrogens with one attached hydrogen (secondary N) is 2. The minimum absolute atomic E-state index is 0.286. The van der Waals surface area contributed by atoms with Crippen molar-refractivity contribution in [1.29, 1.82) is 0 Å². The average Bonchev–Trinajstić information content (AvgIpc) is 2.75. The van der Waals surface area contributed by atoms with Crippen molar-refractivity contribution in [2.45, 2.75) is 62.9 Å². The fourth-order valence-electron chi connectivity index (χ4n) is 4.15. The highest BCUT2D eigenvalue weighted by Gasteiger charge is 2.44. The maximum Gasteiger partial charge on any atom is 0.214 e. The highest BCUT2D eigenvalue weighted by molar-refractivity contribution is 7.90. The summed E-state index contributed by atoms with van der Waals surface area (Å²) in [5.41, 5.74) is 1.66. The van der Waals surface area contributed by atoms with Gasteiger partial charge in [-0.15, -0.1) is 0 Å². The number of rotatable bonds is 9. The molecule has 2 unspecified atom stereocenters. The van der Waals surface area contributed by atoms with Crippen molar-refractivity contribution in [3.8, 4) is 11.1 Å². The molecule has 0 radical (unpaired) electrons. The van der Waals surface area contributed by atoms with E-state index in [0.29, 0.717) is 31.4 Å². The van der Waals surface area contributed by atoms with Gasteiger partial charge in [0.2, 0.25) is 20.0 Å². The van der Waals surface area contributed by atoms with Crippen LogP contribution in [0.5, 0.6) is 0 Å². The van der Waals surface area contributed by atoms with Gasteiger partial charge in [-0.3, -0.25) is 0 Å². The second-order valence-corrected chi connectivity index (χ2v) is 13.2. The number of hydrogen-bond donors (Lipinski definition) is 2. The van der Waals surface area contributed by atoms with Crippen molar-refractivity contribution in [3.63, 3.8) is 0 Å². The molecule has 0 spiro atoms. The third-order valence-corrected chi connectivity index (χ3v) is 8.78. The van der Waals surface area contributed by atoms with Crippen LogP contribution < -0.4 is 9.44 Å². The lowest BCUT2D eigenvalue weighted by Gasteiger charge is -2.38. The zero-order chi connectivity index (χ0) is 24.3. The molecular formula is C24H33FN2O4S2. The van der Waals surface area contributed by atoms with Gasteiger partial charge in [0.1, 0.15) is 0 Å². The van der Waals surface area contributed by atoms with Crippen LogP contribution in [-0.2, 0) is 32.1 Å². The molecule has 182 valence electrons. The second-order valence-electron chi connectivity index (χ2n) is 9.06. The molecule has 0 bridgehead atoms. The first kappa shape index (κ1) is 25.8. The van der Waals surface area contributed by atoms with Gasteiger partial charge >= 0.3 is 0 Å². The minimum atomic E-state index is -3.58. The smallest absolute Gasteiger partial charge is 0.214 e. The van der Waals surface area contributed by atoms with Crippen molar-refractivity contribution >= 4 is 20.0 Å². The van der Waals surface area contributed by atoms with E-state index in [0.717, 1.165) is 29.4 Å². The van der Waals surface area contributed by atoms with Crippen LogP contribution in [0.25, 0.3) is 11.1 Å². The average molecular weight is 497 g/mol. The van der Waals surface area contributed by atoms with E-state index in [9.17, 15) is 16.8 Å². The van der Waals surface area contributed by atoms with Crippen LogP contribution >= 0.6 is 0 Å². The van der Waals surface area contributed by atoms with Crippen molar-refractivity contribution < 1.29 is 21.2 Å².